The van der Waals surface area contributed by atoms with Crippen LogP contribution in [0.3, 0.4) is 0 Å². The number of hydrogen-bond donors (Lipinski definition) is 0. The van der Waals surface area contributed by atoms with Gasteiger partial charge < -0.3 is 9.47 Å². The van der Waals surface area contributed by atoms with Crippen LogP contribution in [0.2, 0.25) is 5.02 Å². The first kappa shape index (κ1) is 12.5. The van der Waals surface area contributed by atoms with E-state index in [-0.39, 0.29) is 0 Å². The molecule has 0 saturated carbocycles. The molecule has 0 amide bonds. The molecule has 0 saturated heterocycles. The molecular weight excluding hydrogens is 262 g/mol. The summed E-state index contributed by atoms with van der Waals surface area (Å²) >= 11 is 6.17. The standard InChI is InChI=1S/C15H15ClNO2/c1-11-4-2-3-5-17(11)8-12-6-14(16)7-13-9-18-10-19-15(12)13/h2-7H,8-10H2,1H3/q+1. The average Bonchev–Trinajstić information content (AvgIpc) is 2.41. The summed E-state index contributed by atoms with van der Waals surface area (Å²) in [4.78, 5) is 0. The predicted molar refractivity (Wildman–Crippen MR) is 72.2 cm³/mol. The molecule has 2 aromatic rings. The van der Waals surface area contributed by atoms with Crippen molar-refractivity contribution in [2.45, 2.75) is 20.1 Å². The second-order valence-electron chi connectivity index (χ2n) is 4.63. The van der Waals surface area contributed by atoms with E-state index < -0.39 is 0 Å². The molecule has 4 heteroatoms. The van der Waals surface area contributed by atoms with Crippen LogP contribution in [-0.2, 0) is 17.9 Å². The molecule has 0 radical (unpaired) electrons. The predicted octanol–water partition coefficient (Wildman–Crippen LogP) is 2.85. The fourth-order valence-electron chi connectivity index (χ4n) is 2.30. The van der Waals surface area contributed by atoms with Gasteiger partial charge in [0.1, 0.15) is 5.75 Å². The van der Waals surface area contributed by atoms with Crippen molar-refractivity contribution in [3.63, 3.8) is 0 Å². The van der Waals surface area contributed by atoms with E-state index in [0.717, 1.165) is 28.4 Å². The topological polar surface area (TPSA) is 22.3 Å². The molecular formula is C15H15ClNO2+. The summed E-state index contributed by atoms with van der Waals surface area (Å²) in [5, 5.41) is 0.719. The summed E-state index contributed by atoms with van der Waals surface area (Å²) in [7, 11) is 0. The molecule has 1 aromatic carbocycles. The zero-order chi connectivity index (χ0) is 13.2. The van der Waals surface area contributed by atoms with Crippen LogP contribution < -0.4 is 9.30 Å². The quantitative estimate of drug-likeness (QED) is 0.787. The van der Waals surface area contributed by atoms with E-state index in [4.69, 9.17) is 21.1 Å². The van der Waals surface area contributed by atoms with Crippen molar-refractivity contribution < 1.29 is 14.0 Å². The molecule has 0 unspecified atom stereocenters. The number of hydrogen-bond acceptors (Lipinski definition) is 2. The van der Waals surface area contributed by atoms with Crippen LogP contribution in [0.25, 0.3) is 0 Å². The van der Waals surface area contributed by atoms with Crippen molar-refractivity contribution in [2.24, 2.45) is 0 Å². The molecule has 0 bridgehead atoms. The molecule has 2 heterocycles. The maximum Gasteiger partial charge on any atom is 0.189 e. The summed E-state index contributed by atoms with van der Waals surface area (Å²) in [6.45, 7) is 3.69. The summed E-state index contributed by atoms with van der Waals surface area (Å²) in [6.07, 6.45) is 2.06. The molecule has 19 heavy (non-hydrogen) atoms. The second kappa shape index (κ2) is 5.19. The normalized spacial score (nSPS) is 13.8. The minimum atomic E-state index is 0.306. The van der Waals surface area contributed by atoms with E-state index in [2.05, 4.69) is 23.8 Å². The number of ether oxygens (including phenoxy) is 2. The number of aryl methyl sites for hydroxylation is 1. The van der Waals surface area contributed by atoms with Crippen molar-refractivity contribution in [3.8, 4) is 5.75 Å². The number of pyridine rings is 1. The Morgan fingerprint density at radius 1 is 1.32 bits per heavy atom. The molecule has 1 aromatic heterocycles. The monoisotopic (exact) mass is 276 g/mol. The van der Waals surface area contributed by atoms with Crippen molar-refractivity contribution in [2.75, 3.05) is 6.79 Å². The van der Waals surface area contributed by atoms with E-state index in [9.17, 15) is 0 Å². The van der Waals surface area contributed by atoms with Crippen LogP contribution >= 0.6 is 11.6 Å². The highest BCUT2D eigenvalue weighted by molar-refractivity contribution is 6.30. The van der Waals surface area contributed by atoms with Gasteiger partial charge in [0, 0.05) is 29.6 Å². The van der Waals surface area contributed by atoms with Gasteiger partial charge in [0.05, 0.1) is 12.2 Å². The highest BCUT2D eigenvalue weighted by atomic mass is 35.5. The van der Waals surface area contributed by atoms with Crippen LogP contribution in [0.1, 0.15) is 16.8 Å². The molecule has 0 spiro atoms. The largest absolute Gasteiger partial charge is 0.467 e. The number of nitrogens with zero attached hydrogens (tertiary/aromatic N) is 1. The van der Waals surface area contributed by atoms with Gasteiger partial charge in [-0.05, 0) is 12.1 Å². The van der Waals surface area contributed by atoms with E-state index in [1.807, 2.05) is 24.3 Å². The molecule has 0 fully saturated rings. The van der Waals surface area contributed by atoms with Crippen LogP contribution in [0, 0.1) is 6.92 Å². The minimum absolute atomic E-state index is 0.306. The average molecular weight is 277 g/mol. The van der Waals surface area contributed by atoms with Gasteiger partial charge >= 0.3 is 0 Å². The smallest absolute Gasteiger partial charge is 0.189 e. The highest BCUT2D eigenvalue weighted by Crippen LogP contribution is 2.31. The fraction of sp³-hybridized carbons (Fsp3) is 0.267. The first-order chi connectivity index (χ1) is 9.24. The number of benzene rings is 1. The van der Waals surface area contributed by atoms with E-state index in [1.54, 1.807) is 0 Å². The van der Waals surface area contributed by atoms with Gasteiger partial charge in [0.15, 0.2) is 25.2 Å². The summed E-state index contributed by atoms with van der Waals surface area (Å²) in [5.74, 6) is 0.909. The van der Waals surface area contributed by atoms with Crippen LogP contribution in [0.5, 0.6) is 5.75 Å². The van der Waals surface area contributed by atoms with Gasteiger partial charge in [-0.25, -0.2) is 0 Å². The van der Waals surface area contributed by atoms with Gasteiger partial charge in [-0.15, -0.1) is 0 Å². The molecule has 0 aliphatic carbocycles. The Hall–Kier alpha value is -1.58. The second-order valence-corrected chi connectivity index (χ2v) is 5.07. The first-order valence-corrected chi connectivity index (χ1v) is 6.59. The SMILES string of the molecule is Cc1cccc[n+]1Cc1cc(Cl)cc2c1OCOC2. The molecule has 1 aliphatic rings. The highest BCUT2D eigenvalue weighted by Gasteiger charge is 2.19. The molecule has 3 rings (SSSR count). The van der Waals surface area contributed by atoms with Crippen LogP contribution in [0.15, 0.2) is 36.5 Å². The lowest BCUT2D eigenvalue weighted by molar-refractivity contribution is -0.694. The van der Waals surface area contributed by atoms with E-state index in [0.29, 0.717) is 13.4 Å². The molecule has 3 nitrogen and oxygen atoms in total. The van der Waals surface area contributed by atoms with Crippen molar-refractivity contribution >= 4 is 11.6 Å². The number of halogens is 1. The number of fused-ring (bicyclic) bond motifs is 1. The lowest BCUT2D eigenvalue weighted by Crippen LogP contribution is -2.37. The van der Waals surface area contributed by atoms with Crippen LogP contribution in [-0.4, -0.2) is 6.79 Å². The van der Waals surface area contributed by atoms with E-state index >= 15 is 0 Å². The van der Waals surface area contributed by atoms with Crippen molar-refractivity contribution in [3.05, 3.63) is 58.4 Å². The zero-order valence-electron chi connectivity index (χ0n) is 10.7. The third-order valence-electron chi connectivity index (χ3n) is 3.26. The zero-order valence-corrected chi connectivity index (χ0v) is 11.5. The van der Waals surface area contributed by atoms with Gasteiger partial charge in [-0.2, -0.15) is 4.57 Å². The third kappa shape index (κ3) is 2.57. The fourth-order valence-corrected chi connectivity index (χ4v) is 2.56. The van der Waals surface area contributed by atoms with E-state index in [1.165, 1.54) is 5.69 Å². The Kier molecular flexibility index (Phi) is 3.40. The maximum absolute atomic E-state index is 6.17. The number of aromatic nitrogens is 1. The van der Waals surface area contributed by atoms with Crippen molar-refractivity contribution in [1.82, 2.24) is 0 Å². The third-order valence-corrected chi connectivity index (χ3v) is 3.48. The Morgan fingerprint density at radius 2 is 2.21 bits per heavy atom. The van der Waals surface area contributed by atoms with Gasteiger partial charge in [0.2, 0.25) is 0 Å². The lowest BCUT2D eigenvalue weighted by Gasteiger charge is -2.20. The summed E-state index contributed by atoms with van der Waals surface area (Å²) < 4.78 is 13.1. The number of rotatable bonds is 2. The summed E-state index contributed by atoms with van der Waals surface area (Å²) in [5.41, 5.74) is 3.30. The molecule has 98 valence electrons. The first-order valence-electron chi connectivity index (χ1n) is 6.21. The lowest BCUT2D eigenvalue weighted by atomic mass is 10.1. The Balaban J connectivity index is 2.01. The Bertz CT molecular complexity index is 613. The van der Waals surface area contributed by atoms with Gasteiger partial charge in [-0.3, -0.25) is 0 Å². The molecule has 1 aliphatic heterocycles. The van der Waals surface area contributed by atoms with Crippen molar-refractivity contribution in [1.29, 1.82) is 0 Å². The minimum Gasteiger partial charge on any atom is -0.467 e. The Morgan fingerprint density at radius 3 is 3.05 bits per heavy atom. The molecule has 0 atom stereocenters. The summed E-state index contributed by atoms with van der Waals surface area (Å²) in [6, 6.07) is 10.0. The van der Waals surface area contributed by atoms with Gasteiger partial charge in [0.25, 0.3) is 0 Å². The van der Waals surface area contributed by atoms with Gasteiger partial charge in [-0.1, -0.05) is 17.7 Å². The molecule has 0 N–H and O–H groups in total. The maximum atomic E-state index is 6.17. The Labute approximate surface area is 117 Å². The van der Waals surface area contributed by atoms with Crippen LogP contribution in [0.4, 0.5) is 0 Å².